The smallest absolute Gasteiger partial charge is 0.279 e. The van der Waals surface area contributed by atoms with Crippen LogP contribution in [0.1, 0.15) is 46.0 Å². The van der Waals surface area contributed by atoms with E-state index in [1.54, 1.807) is 7.05 Å². The molecule has 3 N–H and O–H groups in total. The number of hydrogen-bond donors (Lipinski definition) is 2. The van der Waals surface area contributed by atoms with E-state index in [4.69, 9.17) is 5.73 Å². The van der Waals surface area contributed by atoms with E-state index in [9.17, 15) is 8.42 Å². The third-order valence-corrected chi connectivity index (χ3v) is 5.26. The zero-order valence-corrected chi connectivity index (χ0v) is 11.8. The summed E-state index contributed by atoms with van der Waals surface area (Å²) >= 11 is 0. The van der Waals surface area contributed by atoms with E-state index in [-0.39, 0.29) is 18.1 Å². The highest BCUT2D eigenvalue weighted by Gasteiger charge is 2.28. The number of nitrogens with one attached hydrogen (secondary N) is 1. The van der Waals surface area contributed by atoms with E-state index in [2.05, 4.69) is 4.72 Å². The predicted octanol–water partition coefficient (Wildman–Crippen LogP) is 0.821. The van der Waals surface area contributed by atoms with Crippen molar-refractivity contribution in [1.82, 2.24) is 9.03 Å². The van der Waals surface area contributed by atoms with Gasteiger partial charge in [0.2, 0.25) is 0 Å². The molecule has 102 valence electrons. The van der Waals surface area contributed by atoms with Crippen LogP contribution in [0.15, 0.2) is 0 Å². The van der Waals surface area contributed by atoms with Crippen LogP contribution in [-0.2, 0) is 10.2 Å². The second-order valence-electron chi connectivity index (χ2n) is 5.14. The summed E-state index contributed by atoms with van der Waals surface area (Å²) in [4.78, 5) is 0. The molecular formula is C11H25N3O2S. The predicted molar refractivity (Wildman–Crippen MR) is 69.8 cm³/mol. The van der Waals surface area contributed by atoms with Gasteiger partial charge in [0.15, 0.2) is 0 Å². The maximum atomic E-state index is 12.1. The van der Waals surface area contributed by atoms with Crippen molar-refractivity contribution in [2.75, 3.05) is 7.05 Å². The fourth-order valence-corrected chi connectivity index (χ4v) is 3.43. The maximum absolute atomic E-state index is 12.1. The second-order valence-corrected chi connectivity index (χ2v) is 6.90. The monoisotopic (exact) mass is 263 g/mol. The van der Waals surface area contributed by atoms with E-state index in [1.165, 1.54) is 4.31 Å². The molecule has 2 atom stereocenters. The minimum atomic E-state index is -3.40. The zero-order valence-electron chi connectivity index (χ0n) is 11.0. The average molecular weight is 263 g/mol. The number of nitrogens with zero attached hydrogens (tertiary/aromatic N) is 1. The first-order valence-electron chi connectivity index (χ1n) is 6.35. The van der Waals surface area contributed by atoms with Gasteiger partial charge in [0.25, 0.3) is 10.2 Å². The Morgan fingerprint density at radius 1 is 1.24 bits per heavy atom. The van der Waals surface area contributed by atoms with Gasteiger partial charge in [0.05, 0.1) is 0 Å². The molecule has 0 aliphatic heterocycles. The van der Waals surface area contributed by atoms with Crippen LogP contribution < -0.4 is 10.5 Å². The number of nitrogens with two attached hydrogens (primary N) is 1. The Labute approximate surface area is 105 Å². The molecule has 0 heterocycles. The van der Waals surface area contributed by atoms with Crippen LogP contribution in [-0.4, -0.2) is 37.9 Å². The highest BCUT2D eigenvalue weighted by molar-refractivity contribution is 7.87. The lowest BCUT2D eigenvalue weighted by Crippen LogP contribution is -2.52. The molecule has 1 saturated carbocycles. The number of hydrogen-bond acceptors (Lipinski definition) is 3. The van der Waals surface area contributed by atoms with Crippen molar-refractivity contribution in [2.24, 2.45) is 5.73 Å². The highest BCUT2D eigenvalue weighted by Crippen LogP contribution is 2.18. The van der Waals surface area contributed by atoms with Crippen molar-refractivity contribution < 1.29 is 8.42 Å². The van der Waals surface area contributed by atoms with Crippen molar-refractivity contribution >= 4 is 10.2 Å². The van der Waals surface area contributed by atoms with Gasteiger partial charge in [0.1, 0.15) is 0 Å². The van der Waals surface area contributed by atoms with Crippen LogP contribution >= 0.6 is 0 Å². The Morgan fingerprint density at radius 3 is 2.41 bits per heavy atom. The molecule has 2 unspecified atom stereocenters. The molecule has 0 spiro atoms. The summed E-state index contributed by atoms with van der Waals surface area (Å²) in [6, 6.07) is -0.231. The molecule has 1 fully saturated rings. The minimum absolute atomic E-state index is 0.0468. The molecule has 17 heavy (non-hydrogen) atoms. The standard InChI is InChI=1S/C11H25N3O2S/c1-9(2)14(3)17(15,16)13-11-8-6-4-5-7-10(11)12/h9-11,13H,4-8,12H2,1-3H3. The van der Waals surface area contributed by atoms with Gasteiger partial charge < -0.3 is 5.73 Å². The molecule has 0 aromatic carbocycles. The van der Waals surface area contributed by atoms with Crippen LogP contribution in [0.2, 0.25) is 0 Å². The third-order valence-electron chi connectivity index (χ3n) is 3.48. The van der Waals surface area contributed by atoms with Gasteiger partial charge in [-0.3, -0.25) is 0 Å². The van der Waals surface area contributed by atoms with E-state index >= 15 is 0 Å². The molecule has 0 amide bonds. The summed E-state index contributed by atoms with van der Waals surface area (Å²) in [5, 5.41) is 0. The van der Waals surface area contributed by atoms with Crippen molar-refractivity contribution in [3.63, 3.8) is 0 Å². The van der Waals surface area contributed by atoms with Gasteiger partial charge in [-0.05, 0) is 26.7 Å². The fraction of sp³-hybridized carbons (Fsp3) is 1.00. The van der Waals surface area contributed by atoms with Crippen LogP contribution in [0.25, 0.3) is 0 Å². The molecule has 0 aromatic heterocycles. The first kappa shape index (κ1) is 14.9. The zero-order chi connectivity index (χ0) is 13.1. The third kappa shape index (κ3) is 4.21. The largest absolute Gasteiger partial charge is 0.326 e. The van der Waals surface area contributed by atoms with Gasteiger partial charge in [-0.25, -0.2) is 0 Å². The Balaban J connectivity index is 2.68. The maximum Gasteiger partial charge on any atom is 0.279 e. The lowest BCUT2D eigenvalue weighted by atomic mass is 10.1. The second kappa shape index (κ2) is 6.13. The molecular weight excluding hydrogens is 238 g/mol. The molecule has 1 rings (SSSR count). The van der Waals surface area contributed by atoms with Crippen LogP contribution in [0.3, 0.4) is 0 Å². The van der Waals surface area contributed by atoms with E-state index < -0.39 is 10.2 Å². The fourth-order valence-electron chi connectivity index (χ4n) is 2.03. The van der Waals surface area contributed by atoms with Crippen molar-refractivity contribution in [3.05, 3.63) is 0 Å². The molecule has 5 nitrogen and oxygen atoms in total. The molecule has 0 radical (unpaired) electrons. The SMILES string of the molecule is CC(C)N(C)S(=O)(=O)NC1CCCCCC1N. The van der Waals surface area contributed by atoms with Crippen LogP contribution in [0.5, 0.6) is 0 Å². The Kier molecular flexibility index (Phi) is 5.37. The Bertz CT molecular complexity index is 330. The summed E-state index contributed by atoms with van der Waals surface area (Å²) in [6.45, 7) is 3.71. The first-order chi connectivity index (χ1) is 7.84. The Hall–Kier alpha value is -0.170. The average Bonchev–Trinajstić information content (AvgIpc) is 2.43. The highest BCUT2D eigenvalue weighted by atomic mass is 32.2. The van der Waals surface area contributed by atoms with Crippen molar-refractivity contribution in [2.45, 2.75) is 64.1 Å². The summed E-state index contributed by atoms with van der Waals surface area (Å²) in [7, 11) is -1.81. The van der Waals surface area contributed by atoms with Crippen molar-refractivity contribution in [3.8, 4) is 0 Å². The molecule has 0 saturated heterocycles. The molecule has 1 aliphatic carbocycles. The van der Waals surface area contributed by atoms with Gasteiger partial charge in [-0.15, -0.1) is 0 Å². The normalized spacial score (nSPS) is 27.4. The van der Waals surface area contributed by atoms with E-state index in [0.29, 0.717) is 0 Å². The quantitative estimate of drug-likeness (QED) is 0.737. The summed E-state index contributed by atoms with van der Waals surface area (Å²) in [5.41, 5.74) is 6.02. The Morgan fingerprint density at radius 2 is 1.82 bits per heavy atom. The topological polar surface area (TPSA) is 75.4 Å². The van der Waals surface area contributed by atoms with Crippen LogP contribution in [0.4, 0.5) is 0 Å². The lowest BCUT2D eigenvalue weighted by molar-refractivity contribution is 0.382. The number of rotatable bonds is 4. The lowest BCUT2D eigenvalue weighted by Gasteiger charge is -2.27. The van der Waals surface area contributed by atoms with Crippen LogP contribution in [0, 0.1) is 0 Å². The van der Waals surface area contributed by atoms with Gasteiger partial charge in [-0.2, -0.15) is 17.4 Å². The summed E-state index contributed by atoms with van der Waals surface area (Å²) in [5.74, 6) is 0. The molecule has 6 heteroatoms. The molecule has 0 aromatic rings. The van der Waals surface area contributed by atoms with E-state index in [1.807, 2.05) is 13.8 Å². The summed E-state index contributed by atoms with van der Waals surface area (Å²) < 4.78 is 28.2. The minimum Gasteiger partial charge on any atom is -0.326 e. The van der Waals surface area contributed by atoms with Gasteiger partial charge in [0, 0.05) is 25.2 Å². The van der Waals surface area contributed by atoms with Crippen molar-refractivity contribution in [1.29, 1.82) is 0 Å². The van der Waals surface area contributed by atoms with E-state index in [0.717, 1.165) is 32.1 Å². The molecule has 1 aliphatic rings. The first-order valence-corrected chi connectivity index (χ1v) is 7.79. The molecule has 0 bridgehead atoms. The van der Waals surface area contributed by atoms with Gasteiger partial charge >= 0.3 is 0 Å². The summed E-state index contributed by atoms with van der Waals surface area (Å²) in [6.07, 6.45) is 5.03. The van der Waals surface area contributed by atoms with Gasteiger partial charge in [-0.1, -0.05) is 19.3 Å².